The van der Waals surface area contributed by atoms with Crippen molar-refractivity contribution in [2.24, 2.45) is 82.9 Å². The van der Waals surface area contributed by atoms with Crippen molar-refractivity contribution in [1.29, 1.82) is 0 Å². The van der Waals surface area contributed by atoms with Crippen LogP contribution in [0.3, 0.4) is 0 Å². The standard InChI is InChI=1S/C35H64O4/c1-18-13-32(36)20(3)9-26(18)16-30-24(7)28(11-22(5)34(30)38)15-29-12-23(6)35(39)31(25(29)8)17-27-10-21(4)33(37)14-19(27)2/h18-39H,9-17H2,1-8H3. The van der Waals surface area contributed by atoms with Gasteiger partial charge in [-0.15, -0.1) is 0 Å². The van der Waals surface area contributed by atoms with Crippen LogP contribution in [0.25, 0.3) is 0 Å². The fourth-order valence-electron chi connectivity index (χ4n) is 10.2. The summed E-state index contributed by atoms with van der Waals surface area (Å²) in [7, 11) is 0. The minimum Gasteiger partial charge on any atom is -0.393 e. The van der Waals surface area contributed by atoms with E-state index >= 15 is 0 Å². The molecule has 4 saturated carbocycles. The maximum absolute atomic E-state index is 11.4. The van der Waals surface area contributed by atoms with Gasteiger partial charge in [0.15, 0.2) is 0 Å². The van der Waals surface area contributed by atoms with Crippen LogP contribution in [0.5, 0.6) is 0 Å². The third kappa shape index (κ3) is 6.91. The number of aliphatic hydroxyl groups is 4. The van der Waals surface area contributed by atoms with Gasteiger partial charge in [-0.3, -0.25) is 0 Å². The summed E-state index contributed by atoms with van der Waals surface area (Å²) in [6.07, 6.45) is 8.88. The second-order valence-electron chi connectivity index (χ2n) is 16.2. The molecule has 4 nitrogen and oxygen atoms in total. The highest BCUT2D eigenvalue weighted by atomic mass is 16.3. The first-order valence-electron chi connectivity index (χ1n) is 17.0. The lowest BCUT2D eigenvalue weighted by Gasteiger charge is -2.50. The van der Waals surface area contributed by atoms with Crippen molar-refractivity contribution >= 4 is 0 Å². The van der Waals surface area contributed by atoms with Gasteiger partial charge in [0.1, 0.15) is 0 Å². The molecule has 39 heavy (non-hydrogen) atoms. The predicted octanol–water partition coefficient (Wildman–Crippen LogP) is 6.78. The summed E-state index contributed by atoms with van der Waals surface area (Å²) in [6, 6.07) is 0. The van der Waals surface area contributed by atoms with Gasteiger partial charge in [-0.1, -0.05) is 55.4 Å². The minimum atomic E-state index is -0.215. The predicted molar refractivity (Wildman–Crippen MR) is 160 cm³/mol. The lowest BCUT2D eigenvalue weighted by Crippen LogP contribution is -2.47. The Hall–Kier alpha value is -0.160. The van der Waals surface area contributed by atoms with Crippen LogP contribution in [-0.4, -0.2) is 44.8 Å². The quantitative estimate of drug-likeness (QED) is 0.295. The number of aliphatic hydroxyl groups excluding tert-OH is 4. The molecular weight excluding hydrogens is 484 g/mol. The summed E-state index contributed by atoms with van der Waals surface area (Å²) >= 11 is 0. The monoisotopic (exact) mass is 548 g/mol. The van der Waals surface area contributed by atoms with E-state index in [1.54, 1.807) is 0 Å². The molecule has 0 saturated heterocycles. The lowest BCUT2D eigenvalue weighted by atomic mass is 9.57. The number of hydrogen-bond donors (Lipinski definition) is 4. The molecule has 0 spiro atoms. The molecule has 4 aliphatic carbocycles. The molecule has 228 valence electrons. The van der Waals surface area contributed by atoms with E-state index in [-0.39, 0.29) is 24.4 Å². The van der Waals surface area contributed by atoms with Crippen LogP contribution in [0.4, 0.5) is 0 Å². The van der Waals surface area contributed by atoms with Crippen molar-refractivity contribution in [1.82, 2.24) is 0 Å². The summed E-state index contributed by atoms with van der Waals surface area (Å²) in [4.78, 5) is 0. The van der Waals surface area contributed by atoms with Gasteiger partial charge in [-0.25, -0.2) is 0 Å². The molecule has 0 aromatic rings. The number of rotatable bonds is 6. The van der Waals surface area contributed by atoms with Crippen molar-refractivity contribution < 1.29 is 20.4 Å². The molecule has 4 aliphatic rings. The average Bonchev–Trinajstić information content (AvgIpc) is 2.87. The van der Waals surface area contributed by atoms with Crippen molar-refractivity contribution in [3.63, 3.8) is 0 Å². The first-order valence-corrected chi connectivity index (χ1v) is 17.0. The highest BCUT2D eigenvalue weighted by Gasteiger charge is 2.47. The van der Waals surface area contributed by atoms with E-state index in [9.17, 15) is 20.4 Å². The maximum Gasteiger partial charge on any atom is 0.0596 e. The molecule has 18 unspecified atom stereocenters. The Morgan fingerprint density at radius 2 is 0.718 bits per heavy atom. The molecule has 0 aromatic carbocycles. The molecule has 0 aliphatic heterocycles. The van der Waals surface area contributed by atoms with Crippen LogP contribution in [0.1, 0.15) is 113 Å². The zero-order valence-electron chi connectivity index (χ0n) is 26.5. The van der Waals surface area contributed by atoms with Gasteiger partial charge in [0.05, 0.1) is 24.4 Å². The molecule has 0 heterocycles. The van der Waals surface area contributed by atoms with Crippen LogP contribution in [0.2, 0.25) is 0 Å². The average molecular weight is 549 g/mol. The lowest BCUT2D eigenvalue weighted by molar-refractivity contribution is -0.0807. The smallest absolute Gasteiger partial charge is 0.0596 e. The van der Waals surface area contributed by atoms with E-state index in [1.165, 1.54) is 6.42 Å². The summed E-state index contributed by atoms with van der Waals surface area (Å²) in [6.45, 7) is 18.4. The fraction of sp³-hybridized carbons (Fsp3) is 1.00. The highest BCUT2D eigenvalue weighted by molar-refractivity contribution is 4.97. The van der Waals surface area contributed by atoms with Crippen molar-refractivity contribution in [2.45, 2.75) is 138 Å². The van der Waals surface area contributed by atoms with E-state index in [1.807, 2.05) is 0 Å². The van der Waals surface area contributed by atoms with Crippen LogP contribution in [0.15, 0.2) is 0 Å². The van der Waals surface area contributed by atoms with Crippen molar-refractivity contribution in [3.8, 4) is 0 Å². The van der Waals surface area contributed by atoms with Gasteiger partial charge >= 0.3 is 0 Å². The summed E-state index contributed by atoms with van der Waals surface area (Å²) in [5.74, 6) is 6.65. The van der Waals surface area contributed by atoms with Gasteiger partial charge in [0, 0.05) is 0 Å². The normalized spacial score (nSPS) is 55.4. The minimum absolute atomic E-state index is 0.167. The zero-order valence-corrected chi connectivity index (χ0v) is 26.5. The van der Waals surface area contributed by atoms with Crippen LogP contribution < -0.4 is 0 Å². The third-order valence-corrected chi connectivity index (χ3v) is 13.5. The fourth-order valence-corrected chi connectivity index (χ4v) is 10.2. The molecule has 0 amide bonds. The molecular formula is C35H64O4. The van der Waals surface area contributed by atoms with E-state index in [0.717, 1.165) is 51.4 Å². The second kappa shape index (κ2) is 13.0. The van der Waals surface area contributed by atoms with Crippen molar-refractivity contribution in [3.05, 3.63) is 0 Å². The Morgan fingerprint density at radius 3 is 1.08 bits per heavy atom. The Kier molecular flexibility index (Phi) is 10.6. The van der Waals surface area contributed by atoms with E-state index in [2.05, 4.69) is 55.4 Å². The summed E-state index contributed by atoms with van der Waals surface area (Å²) in [5, 5.41) is 43.6. The van der Waals surface area contributed by atoms with Crippen LogP contribution in [-0.2, 0) is 0 Å². The number of hydrogen-bond acceptors (Lipinski definition) is 4. The van der Waals surface area contributed by atoms with Crippen LogP contribution in [0, 0.1) is 82.9 Å². The van der Waals surface area contributed by atoms with Gasteiger partial charge < -0.3 is 20.4 Å². The zero-order chi connectivity index (χ0) is 28.8. The second-order valence-corrected chi connectivity index (χ2v) is 16.2. The topological polar surface area (TPSA) is 80.9 Å². The van der Waals surface area contributed by atoms with E-state index in [4.69, 9.17) is 0 Å². The van der Waals surface area contributed by atoms with Crippen molar-refractivity contribution in [2.75, 3.05) is 0 Å². The van der Waals surface area contributed by atoms with E-state index in [0.29, 0.717) is 82.9 Å². The Balaban J connectivity index is 1.43. The third-order valence-electron chi connectivity index (χ3n) is 13.5. The van der Waals surface area contributed by atoms with E-state index < -0.39 is 0 Å². The van der Waals surface area contributed by atoms with Gasteiger partial charge in [-0.2, -0.15) is 0 Å². The molecule has 0 aromatic heterocycles. The van der Waals surface area contributed by atoms with Gasteiger partial charge in [0.2, 0.25) is 0 Å². The molecule has 18 atom stereocenters. The highest BCUT2D eigenvalue weighted by Crippen LogP contribution is 2.51. The molecule has 4 heteroatoms. The van der Waals surface area contributed by atoms with Gasteiger partial charge in [-0.05, 0) is 141 Å². The molecule has 0 bridgehead atoms. The summed E-state index contributed by atoms with van der Waals surface area (Å²) in [5.41, 5.74) is 0. The molecule has 4 rings (SSSR count). The molecule has 4 fully saturated rings. The summed E-state index contributed by atoms with van der Waals surface area (Å²) < 4.78 is 0. The Labute approximate surface area is 240 Å². The molecule has 0 radical (unpaired) electrons. The first-order chi connectivity index (χ1) is 18.3. The maximum atomic E-state index is 11.4. The Bertz CT molecular complexity index is 710. The van der Waals surface area contributed by atoms with Crippen LogP contribution >= 0.6 is 0 Å². The largest absolute Gasteiger partial charge is 0.393 e. The molecule has 4 N–H and O–H groups in total. The van der Waals surface area contributed by atoms with Gasteiger partial charge in [0.25, 0.3) is 0 Å². The first kappa shape index (κ1) is 31.8. The SMILES string of the molecule is CC1CC(CC2C(C)C(CC3CC(C)C(O)C(CC4CC(C)C(O)CC4C)C3C)CC(C)C2O)C(C)CC1O. The Morgan fingerprint density at radius 1 is 0.385 bits per heavy atom.